The van der Waals surface area contributed by atoms with Gasteiger partial charge in [-0.3, -0.25) is 9.59 Å². The molecule has 5 nitrogen and oxygen atoms in total. The van der Waals surface area contributed by atoms with E-state index in [-0.39, 0.29) is 41.0 Å². The molecule has 0 amide bonds. The van der Waals surface area contributed by atoms with Crippen LogP contribution in [0.5, 0.6) is 0 Å². The van der Waals surface area contributed by atoms with Gasteiger partial charge in [0.2, 0.25) is 0 Å². The van der Waals surface area contributed by atoms with E-state index >= 15 is 0 Å². The van der Waals surface area contributed by atoms with Gasteiger partial charge in [0.25, 0.3) is 0 Å². The Hall–Kier alpha value is -2.17. The Balaban J connectivity index is 1.67. The van der Waals surface area contributed by atoms with E-state index < -0.39 is 22.4 Å². The number of carbonyl (C=O) groups is 3. The maximum atomic E-state index is 12.9. The molecule has 0 N–H and O–H groups in total. The number of hydrogen-bond donors (Lipinski definition) is 0. The number of hydrogen-bond acceptors (Lipinski definition) is 5. The van der Waals surface area contributed by atoms with Crippen molar-refractivity contribution in [3.63, 3.8) is 0 Å². The van der Waals surface area contributed by atoms with Crippen molar-refractivity contribution in [2.75, 3.05) is 6.61 Å². The van der Waals surface area contributed by atoms with Gasteiger partial charge in [-0.2, -0.15) is 0 Å². The van der Waals surface area contributed by atoms with E-state index in [2.05, 4.69) is 40.7 Å². The topological polar surface area (TPSA) is 69.7 Å². The van der Waals surface area contributed by atoms with Gasteiger partial charge < -0.3 is 9.47 Å². The molecule has 30 heavy (non-hydrogen) atoms. The SMILES string of the molecule is CC1=C2O[C@@]3(C)CC[C@H]4C(C)(C)C(=O)C=C[C@]4(C)[C@@H]3C[C@]2(C)C2=C(C(=O)OC2)C1=O. The molecular formula is C25H30O5. The van der Waals surface area contributed by atoms with Crippen LogP contribution in [0.15, 0.2) is 34.6 Å². The second kappa shape index (κ2) is 5.54. The third-order valence-corrected chi connectivity index (χ3v) is 9.14. The van der Waals surface area contributed by atoms with Crippen LogP contribution in [0.1, 0.15) is 60.8 Å². The average molecular weight is 411 g/mol. The molecule has 0 radical (unpaired) electrons. The number of allylic oxidation sites excluding steroid dienone is 4. The Bertz CT molecular complexity index is 1010. The van der Waals surface area contributed by atoms with Crippen molar-refractivity contribution in [2.24, 2.45) is 28.1 Å². The lowest BCUT2D eigenvalue weighted by atomic mass is 9.44. The predicted octanol–water partition coefficient (Wildman–Crippen LogP) is 4.08. The van der Waals surface area contributed by atoms with Gasteiger partial charge in [0, 0.05) is 16.9 Å². The maximum Gasteiger partial charge on any atom is 0.342 e. The zero-order valence-electron chi connectivity index (χ0n) is 18.7. The van der Waals surface area contributed by atoms with Crippen LogP contribution in [0.2, 0.25) is 0 Å². The Kier molecular flexibility index (Phi) is 3.65. The summed E-state index contributed by atoms with van der Waals surface area (Å²) in [5, 5.41) is 0. The van der Waals surface area contributed by atoms with Gasteiger partial charge in [-0.25, -0.2) is 4.79 Å². The summed E-state index contributed by atoms with van der Waals surface area (Å²) in [5.74, 6) is 0.494. The van der Waals surface area contributed by atoms with Crippen LogP contribution in [0.4, 0.5) is 0 Å². The molecule has 1 saturated carbocycles. The lowest BCUT2D eigenvalue weighted by molar-refractivity contribution is -0.189. The maximum absolute atomic E-state index is 12.9. The third-order valence-electron chi connectivity index (χ3n) is 9.14. The number of esters is 1. The van der Waals surface area contributed by atoms with Crippen molar-refractivity contribution < 1.29 is 23.9 Å². The molecule has 0 spiro atoms. The number of rotatable bonds is 0. The summed E-state index contributed by atoms with van der Waals surface area (Å²) in [7, 11) is 0. The Morgan fingerprint density at radius 2 is 1.73 bits per heavy atom. The fourth-order valence-electron chi connectivity index (χ4n) is 7.35. The first-order valence-corrected chi connectivity index (χ1v) is 11.0. The molecule has 0 aromatic carbocycles. The number of cyclic esters (lactones) is 1. The summed E-state index contributed by atoms with van der Waals surface area (Å²) >= 11 is 0. The minimum atomic E-state index is -0.548. The van der Waals surface area contributed by atoms with Gasteiger partial charge in [0.15, 0.2) is 11.6 Å². The quantitative estimate of drug-likeness (QED) is 0.445. The highest BCUT2D eigenvalue weighted by Crippen LogP contribution is 2.67. The highest BCUT2D eigenvalue weighted by molar-refractivity contribution is 6.26. The van der Waals surface area contributed by atoms with Gasteiger partial charge >= 0.3 is 5.97 Å². The average Bonchev–Trinajstić information content (AvgIpc) is 3.06. The van der Waals surface area contributed by atoms with Crippen molar-refractivity contribution in [3.8, 4) is 0 Å². The van der Waals surface area contributed by atoms with Gasteiger partial charge in [-0.1, -0.05) is 26.8 Å². The normalized spacial score (nSPS) is 44.1. The molecule has 5 heteroatoms. The summed E-state index contributed by atoms with van der Waals surface area (Å²) in [4.78, 5) is 38.0. The molecule has 0 aromatic rings. The summed E-state index contributed by atoms with van der Waals surface area (Å²) in [6, 6.07) is 0. The van der Waals surface area contributed by atoms with Crippen LogP contribution in [0.25, 0.3) is 0 Å². The minimum Gasteiger partial charge on any atom is -0.490 e. The number of carbonyl (C=O) groups excluding carboxylic acids is 3. The van der Waals surface area contributed by atoms with Crippen molar-refractivity contribution in [1.29, 1.82) is 0 Å². The van der Waals surface area contributed by atoms with Gasteiger partial charge in [-0.05, 0) is 63.0 Å². The van der Waals surface area contributed by atoms with Crippen LogP contribution in [0.3, 0.4) is 0 Å². The molecule has 5 aliphatic rings. The second-order valence-electron chi connectivity index (χ2n) is 11.1. The van der Waals surface area contributed by atoms with Crippen molar-refractivity contribution >= 4 is 17.5 Å². The molecule has 2 aliphatic heterocycles. The molecule has 160 valence electrons. The van der Waals surface area contributed by atoms with E-state index in [4.69, 9.17) is 9.47 Å². The highest BCUT2D eigenvalue weighted by Gasteiger charge is 2.65. The lowest BCUT2D eigenvalue weighted by Crippen LogP contribution is -2.62. The molecule has 5 rings (SSSR count). The van der Waals surface area contributed by atoms with Gasteiger partial charge in [0.1, 0.15) is 23.5 Å². The van der Waals surface area contributed by atoms with Gasteiger partial charge in [-0.15, -0.1) is 0 Å². The Labute approximate surface area is 177 Å². The molecule has 3 aliphatic carbocycles. The first-order chi connectivity index (χ1) is 13.9. The van der Waals surface area contributed by atoms with Crippen LogP contribution in [-0.2, 0) is 23.9 Å². The van der Waals surface area contributed by atoms with E-state index in [0.717, 1.165) is 24.8 Å². The van der Waals surface area contributed by atoms with Crippen LogP contribution < -0.4 is 0 Å². The molecule has 2 heterocycles. The van der Waals surface area contributed by atoms with E-state index in [9.17, 15) is 14.4 Å². The smallest absolute Gasteiger partial charge is 0.342 e. The van der Waals surface area contributed by atoms with E-state index in [1.54, 1.807) is 13.0 Å². The second-order valence-corrected chi connectivity index (χ2v) is 11.1. The van der Waals surface area contributed by atoms with Crippen molar-refractivity contribution in [2.45, 2.75) is 66.4 Å². The van der Waals surface area contributed by atoms with E-state index in [1.807, 2.05) is 0 Å². The first kappa shape index (κ1) is 19.8. The monoisotopic (exact) mass is 410 g/mol. The lowest BCUT2D eigenvalue weighted by Gasteiger charge is -2.64. The third kappa shape index (κ3) is 2.11. The number of ether oxygens (including phenoxy) is 2. The molecule has 5 atom stereocenters. The molecule has 0 bridgehead atoms. The fourth-order valence-corrected chi connectivity index (χ4v) is 7.35. The zero-order chi connectivity index (χ0) is 21.9. The zero-order valence-corrected chi connectivity index (χ0v) is 18.7. The molecule has 0 aromatic heterocycles. The largest absolute Gasteiger partial charge is 0.490 e. The number of fused-ring (bicyclic) bond motifs is 5. The summed E-state index contributed by atoms with van der Waals surface area (Å²) in [6.07, 6.45) is 6.38. The van der Waals surface area contributed by atoms with E-state index in [1.165, 1.54) is 0 Å². The Morgan fingerprint density at radius 1 is 1.03 bits per heavy atom. The van der Waals surface area contributed by atoms with Gasteiger partial charge in [0.05, 0.1) is 5.41 Å². The highest BCUT2D eigenvalue weighted by atomic mass is 16.5. The molecule has 0 unspecified atom stereocenters. The number of ketones is 2. The van der Waals surface area contributed by atoms with Crippen LogP contribution >= 0.6 is 0 Å². The molecule has 1 saturated heterocycles. The van der Waals surface area contributed by atoms with Crippen LogP contribution in [-0.4, -0.2) is 29.7 Å². The fraction of sp³-hybridized carbons (Fsp3) is 0.640. The van der Waals surface area contributed by atoms with Crippen LogP contribution in [0, 0.1) is 28.1 Å². The standard InChI is InChI=1S/C25H30O5/c1-13-19(27)18-14(12-29-21(18)28)24(5)11-16-23(4)9-8-17(26)22(2,3)15(23)7-10-25(16,6)30-20(13)24/h8-9,15-16H,7,10-12H2,1-6H3/t15-,16-,23-,24+,25-/m0/s1. The van der Waals surface area contributed by atoms with E-state index in [0.29, 0.717) is 11.3 Å². The Morgan fingerprint density at radius 3 is 2.43 bits per heavy atom. The predicted molar refractivity (Wildman–Crippen MR) is 110 cm³/mol. The first-order valence-electron chi connectivity index (χ1n) is 11.0. The van der Waals surface area contributed by atoms with Crippen molar-refractivity contribution in [1.82, 2.24) is 0 Å². The number of Topliss-reactive ketones (excluding diaryl/α,β-unsaturated/α-hetero) is 1. The minimum absolute atomic E-state index is 0.145. The summed E-state index contributed by atoms with van der Waals surface area (Å²) in [6.45, 7) is 12.6. The molecule has 2 fully saturated rings. The summed E-state index contributed by atoms with van der Waals surface area (Å²) < 4.78 is 12.1. The van der Waals surface area contributed by atoms with Crippen molar-refractivity contribution in [3.05, 3.63) is 34.6 Å². The summed E-state index contributed by atoms with van der Waals surface area (Å²) in [5.41, 5.74) is -0.107. The molecular weight excluding hydrogens is 380 g/mol.